The molecule has 0 fully saturated rings. The minimum Gasteiger partial charge on any atom is -0.480 e. The first kappa shape index (κ1) is 10.7. The van der Waals surface area contributed by atoms with Gasteiger partial charge in [-0.3, -0.25) is 4.79 Å². The largest absolute Gasteiger partial charge is 0.480 e. The molecule has 0 aliphatic rings. The van der Waals surface area contributed by atoms with Crippen molar-refractivity contribution in [2.75, 3.05) is 6.54 Å². The van der Waals surface area contributed by atoms with Gasteiger partial charge in [0.05, 0.1) is 0 Å². The lowest BCUT2D eigenvalue weighted by Gasteiger charge is -2.09. The van der Waals surface area contributed by atoms with Gasteiger partial charge in [0, 0.05) is 11.8 Å². The van der Waals surface area contributed by atoms with Crippen molar-refractivity contribution in [2.45, 2.75) is 24.1 Å². The lowest BCUT2D eigenvalue weighted by molar-refractivity contribution is -0.138. The second kappa shape index (κ2) is 5.40. The van der Waals surface area contributed by atoms with E-state index in [1.807, 2.05) is 0 Å². The summed E-state index contributed by atoms with van der Waals surface area (Å²) >= 11 is 4.10. The number of thiol groups is 1. The molecule has 0 saturated carbocycles. The normalized spacial score (nSPS) is 15.9. The van der Waals surface area contributed by atoms with Crippen LogP contribution in [0.4, 0.5) is 0 Å². The molecular formula is C6H14N2O2S. The molecule has 0 amide bonds. The predicted octanol–water partition coefficient (Wildman–Crippen LogP) is -0.564. The van der Waals surface area contributed by atoms with E-state index >= 15 is 0 Å². The second-order valence-electron chi connectivity index (χ2n) is 2.41. The van der Waals surface area contributed by atoms with Crippen LogP contribution >= 0.6 is 12.6 Å². The second-order valence-corrected chi connectivity index (χ2v) is 3.14. The maximum atomic E-state index is 10.2. The molecule has 0 bridgehead atoms. The molecule has 0 rings (SSSR count). The van der Waals surface area contributed by atoms with Crippen molar-refractivity contribution in [2.24, 2.45) is 11.5 Å². The smallest absolute Gasteiger partial charge is 0.320 e. The molecule has 0 aromatic carbocycles. The van der Waals surface area contributed by atoms with Crippen LogP contribution < -0.4 is 11.5 Å². The highest BCUT2D eigenvalue weighted by molar-refractivity contribution is 7.81. The van der Waals surface area contributed by atoms with E-state index < -0.39 is 12.0 Å². The van der Waals surface area contributed by atoms with Gasteiger partial charge in [-0.2, -0.15) is 12.6 Å². The highest BCUT2D eigenvalue weighted by atomic mass is 32.1. The number of nitrogens with two attached hydrogens (primary N) is 2. The van der Waals surface area contributed by atoms with Crippen LogP contribution in [-0.2, 0) is 4.79 Å². The van der Waals surface area contributed by atoms with Crippen molar-refractivity contribution in [1.82, 2.24) is 0 Å². The average Bonchev–Trinajstić information content (AvgIpc) is 1.99. The van der Waals surface area contributed by atoms with E-state index in [4.69, 9.17) is 16.6 Å². The molecule has 0 aromatic heterocycles. The minimum atomic E-state index is -0.970. The van der Waals surface area contributed by atoms with Crippen LogP contribution in [0, 0.1) is 0 Å². The van der Waals surface area contributed by atoms with Crippen molar-refractivity contribution in [3.63, 3.8) is 0 Å². The summed E-state index contributed by atoms with van der Waals surface area (Å²) in [5.74, 6) is -0.970. The van der Waals surface area contributed by atoms with Gasteiger partial charge in [0.25, 0.3) is 0 Å². The van der Waals surface area contributed by atoms with Crippen LogP contribution in [0.25, 0.3) is 0 Å². The summed E-state index contributed by atoms with van der Waals surface area (Å²) in [6, 6.07) is -0.781. The van der Waals surface area contributed by atoms with E-state index in [-0.39, 0.29) is 5.25 Å². The summed E-state index contributed by atoms with van der Waals surface area (Å²) in [5.41, 5.74) is 10.5. The standard InChI is InChI=1S/C6H14N2O2S/c7-3-4(11)1-2-5(8)6(9)10/h4-5,11H,1-3,7-8H2,(H,9,10). The number of rotatable bonds is 5. The van der Waals surface area contributed by atoms with Crippen molar-refractivity contribution >= 4 is 18.6 Å². The number of hydrogen-bond acceptors (Lipinski definition) is 4. The zero-order valence-corrected chi connectivity index (χ0v) is 7.13. The number of aliphatic carboxylic acids is 1. The fourth-order valence-corrected chi connectivity index (χ4v) is 0.762. The number of carboxylic acids is 1. The summed E-state index contributed by atoms with van der Waals surface area (Å²) in [5, 5.41) is 8.44. The molecule has 11 heavy (non-hydrogen) atoms. The Morgan fingerprint density at radius 1 is 1.55 bits per heavy atom. The van der Waals surface area contributed by atoms with E-state index in [2.05, 4.69) is 12.6 Å². The first-order valence-electron chi connectivity index (χ1n) is 3.44. The lowest BCUT2D eigenvalue weighted by atomic mass is 10.1. The van der Waals surface area contributed by atoms with Crippen LogP contribution in [-0.4, -0.2) is 28.9 Å². The first-order valence-corrected chi connectivity index (χ1v) is 3.96. The summed E-state index contributed by atoms with van der Waals surface area (Å²) in [6.07, 6.45) is 1.08. The molecule has 2 atom stereocenters. The molecule has 2 unspecified atom stereocenters. The van der Waals surface area contributed by atoms with E-state index in [0.29, 0.717) is 19.4 Å². The summed E-state index contributed by atoms with van der Waals surface area (Å²) in [6.45, 7) is 0.454. The summed E-state index contributed by atoms with van der Waals surface area (Å²) in [4.78, 5) is 10.2. The van der Waals surface area contributed by atoms with Crippen molar-refractivity contribution in [3.05, 3.63) is 0 Å². The van der Waals surface area contributed by atoms with Gasteiger partial charge in [0.1, 0.15) is 6.04 Å². The Labute approximate surface area is 71.4 Å². The molecule has 0 radical (unpaired) electrons. The molecule has 4 nitrogen and oxygen atoms in total. The summed E-state index contributed by atoms with van der Waals surface area (Å²) < 4.78 is 0. The Morgan fingerprint density at radius 3 is 2.45 bits per heavy atom. The molecule has 5 heteroatoms. The Kier molecular flexibility index (Phi) is 5.27. The van der Waals surface area contributed by atoms with Crippen molar-refractivity contribution in [1.29, 1.82) is 0 Å². The Bertz CT molecular complexity index is 132. The van der Waals surface area contributed by atoms with Crippen LogP contribution in [0.1, 0.15) is 12.8 Å². The topological polar surface area (TPSA) is 89.3 Å². The third-order valence-electron chi connectivity index (χ3n) is 1.40. The molecule has 0 saturated heterocycles. The van der Waals surface area contributed by atoms with Gasteiger partial charge in [0.2, 0.25) is 0 Å². The van der Waals surface area contributed by atoms with Gasteiger partial charge in [-0.05, 0) is 12.8 Å². The Balaban J connectivity index is 3.45. The Morgan fingerprint density at radius 2 is 2.09 bits per heavy atom. The van der Waals surface area contributed by atoms with Crippen LogP contribution in [0.15, 0.2) is 0 Å². The highest BCUT2D eigenvalue weighted by Crippen LogP contribution is 2.04. The van der Waals surface area contributed by atoms with Gasteiger partial charge in [-0.25, -0.2) is 0 Å². The predicted molar refractivity (Wildman–Crippen MR) is 46.7 cm³/mol. The van der Waals surface area contributed by atoms with Gasteiger partial charge in [-0.1, -0.05) is 0 Å². The van der Waals surface area contributed by atoms with Crippen molar-refractivity contribution in [3.8, 4) is 0 Å². The highest BCUT2D eigenvalue weighted by Gasteiger charge is 2.12. The molecular weight excluding hydrogens is 164 g/mol. The van der Waals surface area contributed by atoms with E-state index in [1.165, 1.54) is 0 Å². The number of carboxylic acid groups (broad SMARTS) is 1. The quantitative estimate of drug-likeness (QED) is 0.425. The summed E-state index contributed by atoms with van der Waals surface area (Å²) in [7, 11) is 0. The lowest BCUT2D eigenvalue weighted by Crippen LogP contribution is -2.31. The van der Waals surface area contributed by atoms with Gasteiger partial charge < -0.3 is 16.6 Å². The molecule has 0 aliphatic carbocycles. The van der Waals surface area contributed by atoms with Gasteiger partial charge in [0.15, 0.2) is 0 Å². The monoisotopic (exact) mass is 178 g/mol. The SMILES string of the molecule is NCC(S)CCC(N)C(=O)O. The minimum absolute atomic E-state index is 0.0559. The fourth-order valence-electron chi connectivity index (χ4n) is 0.613. The van der Waals surface area contributed by atoms with Crippen LogP contribution in [0.2, 0.25) is 0 Å². The third-order valence-corrected chi connectivity index (χ3v) is 1.87. The molecule has 0 heterocycles. The molecule has 0 aromatic rings. The van der Waals surface area contributed by atoms with Crippen LogP contribution in [0.3, 0.4) is 0 Å². The molecule has 0 aliphatic heterocycles. The van der Waals surface area contributed by atoms with E-state index in [9.17, 15) is 4.79 Å². The van der Waals surface area contributed by atoms with Crippen LogP contribution in [0.5, 0.6) is 0 Å². The zero-order valence-electron chi connectivity index (χ0n) is 6.23. The zero-order chi connectivity index (χ0) is 8.85. The third kappa shape index (κ3) is 5.06. The molecule has 66 valence electrons. The molecule has 5 N–H and O–H groups in total. The first-order chi connectivity index (χ1) is 5.07. The maximum absolute atomic E-state index is 10.2. The average molecular weight is 178 g/mol. The maximum Gasteiger partial charge on any atom is 0.320 e. The number of carbonyl (C=O) groups is 1. The molecule has 0 spiro atoms. The van der Waals surface area contributed by atoms with Gasteiger partial charge >= 0.3 is 5.97 Å². The number of hydrogen-bond donors (Lipinski definition) is 4. The fraction of sp³-hybridized carbons (Fsp3) is 0.833. The Hall–Kier alpha value is -0.260. The van der Waals surface area contributed by atoms with Gasteiger partial charge in [-0.15, -0.1) is 0 Å². The van der Waals surface area contributed by atoms with E-state index in [1.54, 1.807) is 0 Å². The van der Waals surface area contributed by atoms with E-state index in [0.717, 1.165) is 0 Å². The van der Waals surface area contributed by atoms with Crippen molar-refractivity contribution < 1.29 is 9.90 Å².